The van der Waals surface area contributed by atoms with Gasteiger partial charge in [-0.15, -0.1) is 11.3 Å². The fraction of sp³-hybridized carbons (Fsp3) is 0.400. The van der Waals surface area contributed by atoms with Gasteiger partial charge in [-0.2, -0.15) is 0 Å². The largest absolute Gasteiger partial charge is 0.383 e. The third kappa shape index (κ3) is 4.87. The molecule has 22 heavy (non-hydrogen) atoms. The molecule has 2 rings (SSSR count). The first-order valence-electron chi connectivity index (χ1n) is 7.00. The van der Waals surface area contributed by atoms with Crippen LogP contribution in [0.1, 0.15) is 18.2 Å². The van der Waals surface area contributed by atoms with Crippen LogP contribution < -0.4 is 5.32 Å². The van der Waals surface area contributed by atoms with E-state index >= 15 is 0 Å². The number of anilines is 1. The van der Waals surface area contributed by atoms with E-state index in [2.05, 4.69) is 20.2 Å². The predicted molar refractivity (Wildman–Crippen MR) is 86.8 cm³/mol. The molecule has 0 radical (unpaired) electrons. The number of ether oxygens (including phenoxy) is 1. The van der Waals surface area contributed by atoms with Gasteiger partial charge in [-0.25, -0.2) is 4.98 Å². The molecule has 2 heterocycles. The first-order chi connectivity index (χ1) is 10.7. The zero-order valence-corrected chi connectivity index (χ0v) is 13.5. The molecule has 118 valence electrons. The number of amides is 1. The first kappa shape index (κ1) is 16.5. The number of rotatable bonds is 8. The molecule has 0 saturated heterocycles. The number of nitrogens with zero attached hydrogens (tertiary/aromatic N) is 3. The van der Waals surface area contributed by atoms with Crippen molar-refractivity contribution >= 4 is 22.4 Å². The van der Waals surface area contributed by atoms with Crippen molar-refractivity contribution in [1.29, 1.82) is 0 Å². The molecule has 1 N–H and O–H groups in total. The Hall–Kier alpha value is -1.83. The molecule has 0 aromatic carbocycles. The van der Waals surface area contributed by atoms with Crippen LogP contribution in [-0.4, -0.2) is 48.1 Å². The lowest BCUT2D eigenvalue weighted by atomic mass is 10.1. The van der Waals surface area contributed by atoms with Gasteiger partial charge < -0.3 is 10.1 Å². The molecule has 0 fully saturated rings. The summed E-state index contributed by atoms with van der Waals surface area (Å²) in [5, 5.41) is 5.24. The second-order valence-electron chi connectivity index (χ2n) is 4.84. The van der Waals surface area contributed by atoms with Crippen LogP contribution in [0.2, 0.25) is 0 Å². The lowest BCUT2D eigenvalue weighted by Crippen LogP contribution is -2.31. The van der Waals surface area contributed by atoms with Gasteiger partial charge >= 0.3 is 0 Å². The molecule has 0 bridgehead atoms. The minimum Gasteiger partial charge on any atom is -0.383 e. The topological polar surface area (TPSA) is 67.3 Å². The smallest absolute Gasteiger partial charge is 0.227 e. The molecule has 0 aliphatic rings. The summed E-state index contributed by atoms with van der Waals surface area (Å²) in [5.74, 6) is -0.0426. The van der Waals surface area contributed by atoms with Gasteiger partial charge in [-0.1, -0.05) is 6.07 Å². The summed E-state index contributed by atoms with van der Waals surface area (Å²) in [6.45, 7) is 1.14. The third-order valence-electron chi connectivity index (χ3n) is 3.26. The Labute approximate surface area is 134 Å². The number of aromatic nitrogens is 2. The van der Waals surface area contributed by atoms with Gasteiger partial charge in [-0.3, -0.25) is 14.7 Å². The van der Waals surface area contributed by atoms with Crippen molar-refractivity contribution in [2.24, 2.45) is 0 Å². The highest BCUT2D eigenvalue weighted by Gasteiger charge is 2.19. The van der Waals surface area contributed by atoms with Crippen LogP contribution in [-0.2, 0) is 9.53 Å². The van der Waals surface area contributed by atoms with E-state index in [0.29, 0.717) is 24.7 Å². The summed E-state index contributed by atoms with van der Waals surface area (Å²) in [5.41, 5.74) is 0.937. The fourth-order valence-electron chi connectivity index (χ4n) is 2.07. The molecule has 6 nitrogen and oxygen atoms in total. The summed E-state index contributed by atoms with van der Waals surface area (Å²) < 4.78 is 5.28. The number of methoxy groups -OCH3 is 1. The molecule has 0 spiro atoms. The molecule has 0 saturated carbocycles. The highest BCUT2D eigenvalue weighted by molar-refractivity contribution is 7.13. The van der Waals surface area contributed by atoms with Crippen molar-refractivity contribution in [2.45, 2.75) is 12.5 Å². The minimum atomic E-state index is -0.0426. The van der Waals surface area contributed by atoms with E-state index in [-0.39, 0.29) is 11.9 Å². The Kier molecular flexibility index (Phi) is 6.45. The minimum absolute atomic E-state index is 0.0267. The van der Waals surface area contributed by atoms with Gasteiger partial charge in [0.15, 0.2) is 5.13 Å². The first-order valence-corrected chi connectivity index (χ1v) is 7.88. The summed E-state index contributed by atoms with van der Waals surface area (Å²) in [7, 11) is 3.63. The van der Waals surface area contributed by atoms with Gasteiger partial charge in [0.25, 0.3) is 0 Å². The van der Waals surface area contributed by atoms with Crippen LogP contribution in [0.4, 0.5) is 5.13 Å². The number of thiazole rings is 1. The zero-order valence-electron chi connectivity index (χ0n) is 12.7. The molecule has 2 aromatic heterocycles. The third-order valence-corrected chi connectivity index (χ3v) is 3.94. The molecule has 0 unspecified atom stereocenters. The Morgan fingerprint density at radius 1 is 1.41 bits per heavy atom. The van der Waals surface area contributed by atoms with Gasteiger partial charge in [-0.05, 0) is 19.2 Å². The van der Waals surface area contributed by atoms with E-state index in [1.807, 2.05) is 30.6 Å². The van der Waals surface area contributed by atoms with Gasteiger partial charge in [0, 0.05) is 37.8 Å². The summed E-state index contributed by atoms with van der Waals surface area (Å²) in [4.78, 5) is 22.4. The van der Waals surface area contributed by atoms with E-state index in [1.165, 1.54) is 11.3 Å². The average molecular weight is 320 g/mol. The maximum Gasteiger partial charge on any atom is 0.227 e. The van der Waals surface area contributed by atoms with E-state index in [9.17, 15) is 4.79 Å². The van der Waals surface area contributed by atoms with E-state index in [0.717, 1.165) is 5.69 Å². The predicted octanol–water partition coefficient (Wildman–Crippen LogP) is 2.19. The molecule has 0 aliphatic heterocycles. The van der Waals surface area contributed by atoms with Crippen LogP contribution in [0.25, 0.3) is 0 Å². The van der Waals surface area contributed by atoms with Crippen molar-refractivity contribution in [2.75, 3.05) is 32.6 Å². The van der Waals surface area contributed by atoms with Crippen molar-refractivity contribution < 1.29 is 9.53 Å². The van der Waals surface area contributed by atoms with E-state index in [1.54, 1.807) is 19.5 Å². The maximum atomic E-state index is 11.9. The van der Waals surface area contributed by atoms with Crippen molar-refractivity contribution in [1.82, 2.24) is 14.9 Å². The molecular weight excluding hydrogens is 300 g/mol. The number of hydrogen-bond donors (Lipinski definition) is 1. The summed E-state index contributed by atoms with van der Waals surface area (Å²) in [6.07, 6.45) is 3.83. The highest BCUT2D eigenvalue weighted by atomic mass is 32.1. The molecule has 1 amide bonds. The molecule has 7 heteroatoms. The van der Waals surface area contributed by atoms with Crippen molar-refractivity contribution in [3.05, 3.63) is 41.7 Å². The van der Waals surface area contributed by atoms with Crippen molar-refractivity contribution in [3.8, 4) is 0 Å². The summed E-state index contributed by atoms with van der Waals surface area (Å²) >= 11 is 1.41. The monoisotopic (exact) mass is 320 g/mol. The molecule has 1 atom stereocenters. The second-order valence-corrected chi connectivity index (χ2v) is 5.74. The van der Waals surface area contributed by atoms with Gasteiger partial charge in [0.1, 0.15) is 0 Å². The van der Waals surface area contributed by atoms with Crippen LogP contribution >= 0.6 is 11.3 Å². The highest BCUT2D eigenvalue weighted by Crippen LogP contribution is 2.18. The number of carbonyl (C=O) groups is 1. The summed E-state index contributed by atoms with van der Waals surface area (Å²) in [6, 6.07) is 5.83. The van der Waals surface area contributed by atoms with E-state index < -0.39 is 0 Å². The van der Waals surface area contributed by atoms with Gasteiger partial charge in [0.2, 0.25) is 5.91 Å². The number of pyridine rings is 1. The number of carbonyl (C=O) groups excluding carboxylic acids is 1. The Bertz CT molecular complexity index is 562. The molecular formula is C15H20N4O2S. The molecule has 0 aliphatic carbocycles. The SMILES string of the molecule is COC[C@H](c1ccccn1)N(C)CCC(=O)Nc1nccs1. The quantitative estimate of drug-likeness (QED) is 0.807. The number of nitrogens with one attached hydrogen (secondary N) is 1. The van der Waals surface area contributed by atoms with Crippen LogP contribution in [0, 0.1) is 0 Å². The normalized spacial score (nSPS) is 12.3. The second kappa shape index (κ2) is 8.57. The van der Waals surface area contributed by atoms with E-state index in [4.69, 9.17) is 4.74 Å². The Morgan fingerprint density at radius 3 is 2.91 bits per heavy atom. The van der Waals surface area contributed by atoms with Crippen LogP contribution in [0.15, 0.2) is 36.0 Å². The zero-order chi connectivity index (χ0) is 15.8. The Balaban J connectivity index is 1.88. The van der Waals surface area contributed by atoms with Gasteiger partial charge in [0.05, 0.1) is 18.3 Å². The lowest BCUT2D eigenvalue weighted by Gasteiger charge is -2.26. The standard InChI is InChI=1S/C15H20N4O2S/c1-19(9-6-14(20)18-15-17-8-10-22-15)13(11-21-2)12-5-3-4-7-16-12/h3-5,7-8,10,13H,6,9,11H2,1-2H3,(H,17,18,20)/t13-/m1/s1. The Morgan fingerprint density at radius 2 is 2.27 bits per heavy atom. The van der Waals surface area contributed by atoms with Crippen molar-refractivity contribution in [3.63, 3.8) is 0 Å². The molecule has 2 aromatic rings. The lowest BCUT2D eigenvalue weighted by molar-refractivity contribution is -0.116. The maximum absolute atomic E-state index is 11.9. The fourth-order valence-corrected chi connectivity index (χ4v) is 2.62. The number of likely N-dealkylation sites (N-methyl/N-ethyl adjacent to an activating group) is 1. The number of hydrogen-bond acceptors (Lipinski definition) is 6. The average Bonchev–Trinajstić information content (AvgIpc) is 3.04. The van der Waals surface area contributed by atoms with Crippen LogP contribution in [0.5, 0.6) is 0 Å². The van der Waals surface area contributed by atoms with Crippen LogP contribution in [0.3, 0.4) is 0 Å².